The number of hydrogen-bond acceptors (Lipinski definition) is 5. The molecule has 2 N–H and O–H groups in total. The molecule has 0 fully saturated rings. The highest BCUT2D eigenvalue weighted by molar-refractivity contribution is 7.57. The van der Waals surface area contributed by atoms with Crippen molar-refractivity contribution < 1.29 is 33.4 Å². The highest BCUT2D eigenvalue weighted by Gasteiger charge is 2.31. The van der Waals surface area contributed by atoms with Crippen LogP contribution in [0, 0.1) is 0 Å². The smallest absolute Gasteiger partial charge is 0.355 e. The lowest BCUT2D eigenvalue weighted by Gasteiger charge is -2.19. The fraction of sp³-hybridized carbons (Fsp3) is 0.500. The number of carboxylic acid groups (broad SMARTS) is 2. The fourth-order valence-corrected chi connectivity index (χ4v) is 1.93. The van der Waals surface area contributed by atoms with E-state index in [1.165, 1.54) is 0 Å². The molecule has 0 saturated carbocycles. The van der Waals surface area contributed by atoms with Crippen molar-refractivity contribution in [2.24, 2.45) is 0 Å². The maximum absolute atomic E-state index is 11.7. The third kappa shape index (κ3) is 4.57. The van der Waals surface area contributed by atoms with E-state index in [0.717, 1.165) is 19.7 Å². The van der Waals surface area contributed by atoms with Crippen molar-refractivity contribution in [3.05, 3.63) is 12.4 Å². The molecule has 92 valence electrons. The summed E-state index contributed by atoms with van der Waals surface area (Å²) in [5.41, 5.74) is 0. The summed E-state index contributed by atoms with van der Waals surface area (Å²) >= 11 is 0. The van der Waals surface area contributed by atoms with Crippen molar-refractivity contribution >= 4 is 19.5 Å². The van der Waals surface area contributed by atoms with E-state index in [1.54, 1.807) is 0 Å². The largest absolute Gasteiger partial charge is 0.479 e. The van der Waals surface area contributed by atoms with Gasteiger partial charge in [-0.2, -0.15) is 0 Å². The lowest BCUT2D eigenvalue weighted by atomic mass is 10.4. The van der Waals surface area contributed by atoms with Gasteiger partial charge in [-0.25, -0.2) is 9.59 Å². The van der Waals surface area contributed by atoms with Crippen LogP contribution >= 0.6 is 7.60 Å². The molecular formula is C8H13O7P. The predicted molar refractivity (Wildman–Crippen MR) is 54.2 cm³/mol. The van der Waals surface area contributed by atoms with Crippen molar-refractivity contribution in [1.29, 1.82) is 0 Å². The Balaban J connectivity index is 4.67. The summed E-state index contributed by atoms with van der Waals surface area (Å²) in [7, 11) is -3.92. The molecule has 0 aromatic rings. The highest BCUT2D eigenvalue weighted by Crippen LogP contribution is 2.51. The van der Waals surface area contributed by atoms with Crippen LogP contribution in [-0.2, 0) is 23.2 Å². The van der Waals surface area contributed by atoms with Crippen LogP contribution in [0.3, 0.4) is 0 Å². The Morgan fingerprint density at radius 3 is 1.69 bits per heavy atom. The second-order valence-corrected chi connectivity index (χ2v) is 4.76. The summed E-state index contributed by atoms with van der Waals surface area (Å²) < 4.78 is 21.0. The first kappa shape index (κ1) is 14.8. The first-order valence-electron chi connectivity index (χ1n) is 4.27. The molecule has 0 aromatic carbocycles. The first-order valence-corrected chi connectivity index (χ1v) is 5.88. The molecule has 2 unspecified atom stereocenters. The summed E-state index contributed by atoms with van der Waals surface area (Å²) in [6.45, 7) is 5.45. The number of hydrogen-bond donors (Lipinski definition) is 2. The van der Waals surface area contributed by atoms with Crippen LogP contribution in [0.5, 0.6) is 0 Å². The first-order chi connectivity index (χ1) is 7.22. The Morgan fingerprint density at radius 2 is 1.50 bits per heavy atom. The molecule has 7 nitrogen and oxygen atoms in total. The minimum Gasteiger partial charge on any atom is -0.479 e. The Labute approximate surface area is 92.2 Å². The van der Waals surface area contributed by atoms with Gasteiger partial charge in [0.05, 0.1) is 0 Å². The zero-order valence-electron chi connectivity index (χ0n) is 8.82. The average Bonchev–Trinajstić information content (AvgIpc) is 2.17. The third-order valence-corrected chi connectivity index (χ3v) is 3.20. The van der Waals surface area contributed by atoms with Crippen molar-refractivity contribution in [2.45, 2.75) is 26.1 Å². The predicted octanol–water partition coefficient (Wildman–Crippen LogP) is 1.30. The van der Waals surface area contributed by atoms with Gasteiger partial charge in [0.15, 0.2) is 12.2 Å². The molecule has 0 amide bonds. The molecule has 8 heteroatoms. The van der Waals surface area contributed by atoms with E-state index >= 15 is 0 Å². The Bertz CT molecular complexity index is 311. The summed E-state index contributed by atoms with van der Waals surface area (Å²) in [6.07, 6.45) is -2.77. The maximum Gasteiger partial charge on any atom is 0.355 e. The molecule has 0 heterocycles. The van der Waals surface area contributed by atoms with Gasteiger partial charge in [-0.05, 0) is 13.8 Å². The Morgan fingerprint density at radius 1 is 1.19 bits per heavy atom. The van der Waals surface area contributed by atoms with Crippen LogP contribution in [0.4, 0.5) is 0 Å². The number of carbonyl (C=O) groups is 2. The monoisotopic (exact) mass is 252 g/mol. The molecule has 0 aromatic heterocycles. The van der Waals surface area contributed by atoms with Crippen molar-refractivity contribution in [3.8, 4) is 0 Å². The molecule has 2 atom stereocenters. The lowest BCUT2D eigenvalue weighted by Crippen LogP contribution is -2.22. The van der Waals surface area contributed by atoms with Crippen molar-refractivity contribution in [2.75, 3.05) is 0 Å². The Kier molecular flexibility index (Phi) is 5.37. The van der Waals surface area contributed by atoms with E-state index in [-0.39, 0.29) is 0 Å². The van der Waals surface area contributed by atoms with E-state index in [9.17, 15) is 14.2 Å². The quantitative estimate of drug-likeness (QED) is 0.657. The summed E-state index contributed by atoms with van der Waals surface area (Å²) in [6, 6.07) is 0. The second-order valence-electron chi connectivity index (χ2n) is 2.89. The zero-order valence-corrected chi connectivity index (χ0v) is 9.72. The molecule has 0 saturated heterocycles. The van der Waals surface area contributed by atoms with E-state index in [2.05, 4.69) is 15.6 Å². The minimum absolute atomic E-state index is 0.770. The van der Waals surface area contributed by atoms with Crippen LogP contribution in [0.1, 0.15) is 13.8 Å². The average molecular weight is 252 g/mol. The van der Waals surface area contributed by atoms with Gasteiger partial charge in [-0.1, -0.05) is 6.58 Å². The van der Waals surface area contributed by atoms with Crippen LogP contribution in [-0.4, -0.2) is 34.4 Å². The molecule has 0 rings (SSSR count). The standard InChI is InChI=1S/C8H13O7P/c1-4-16(13,14-5(2)7(9)10)15-6(3)8(11)12/h4-6H,1H2,2-3H3,(H,9,10)(H,11,12). The van der Waals surface area contributed by atoms with E-state index in [0.29, 0.717) is 0 Å². The van der Waals surface area contributed by atoms with Gasteiger partial charge >= 0.3 is 19.5 Å². The van der Waals surface area contributed by atoms with Crippen LogP contribution < -0.4 is 0 Å². The van der Waals surface area contributed by atoms with Gasteiger partial charge in [-0.15, -0.1) is 0 Å². The fourth-order valence-electron chi connectivity index (χ4n) is 0.642. The van der Waals surface area contributed by atoms with Crippen LogP contribution in [0.15, 0.2) is 12.4 Å². The summed E-state index contributed by atoms with van der Waals surface area (Å²) in [5, 5.41) is 17.1. The minimum atomic E-state index is -3.92. The second kappa shape index (κ2) is 5.79. The van der Waals surface area contributed by atoms with Crippen molar-refractivity contribution in [1.82, 2.24) is 0 Å². The topological polar surface area (TPSA) is 110 Å². The molecular weight excluding hydrogens is 239 g/mol. The molecule has 0 spiro atoms. The van der Waals surface area contributed by atoms with E-state index in [1.807, 2.05) is 0 Å². The summed E-state index contributed by atoms with van der Waals surface area (Å²) in [5.74, 6) is -1.91. The maximum atomic E-state index is 11.7. The zero-order chi connectivity index (χ0) is 12.9. The van der Waals surface area contributed by atoms with E-state index in [4.69, 9.17) is 10.2 Å². The molecule has 0 aliphatic rings. The molecule has 0 radical (unpaired) electrons. The van der Waals surface area contributed by atoms with Gasteiger partial charge < -0.3 is 10.2 Å². The van der Waals surface area contributed by atoms with Gasteiger partial charge in [-0.3, -0.25) is 13.6 Å². The highest BCUT2D eigenvalue weighted by atomic mass is 31.2. The number of aliphatic carboxylic acids is 2. The molecule has 0 aliphatic heterocycles. The van der Waals surface area contributed by atoms with Crippen LogP contribution in [0.25, 0.3) is 0 Å². The Hall–Kier alpha value is -1.17. The molecule has 0 aliphatic carbocycles. The third-order valence-electron chi connectivity index (χ3n) is 1.53. The number of carboxylic acids is 2. The van der Waals surface area contributed by atoms with Gasteiger partial charge in [0.25, 0.3) is 0 Å². The number of rotatable bonds is 7. The van der Waals surface area contributed by atoms with Gasteiger partial charge in [0, 0.05) is 5.82 Å². The van der Waals surface area contributed by atoms with Crippen molar-refractivity contribution in [3.63, 3.8) is 0 Å². The summed E-state index contributed by atoms with van der Waals surface area (Å²) in [4.78, 5) is 20.9. The lowest BCUT2D eigenvalue weighted by molar-refractivity contribution is -0.146. The van der Waals surface area contributed by atoms with Crippen LogP contribution in [0.2, 0.25) is 0 Å². The normalized spacial score (nSPS) is 18.1. The van der Waals surface area contributed by atoms with Gasteiger partial charge in [0.2, 0.25) is 0 Å². The SMILES string of the molecule is C=CP(=O)(OC(C)C(=O)O)OC(C)C(=O)O. The molecule has 0 bridgehead atoms. The van der Waals surface area contributed by atoms with Gasteiger partial charge in [0.1, 0.15) is 0 Å². The van der Waals surface area contributed by atoms with E-state index < -0.39 is 31.7 Å². The molecule has 16 heavy (non-hydrogen) atoms.